The molecule has 0 spiro atoms. The first-order valence-corrected chi connectivity index (χ1v) is 13.8. The van der Waals surface area contributed by atoms with E-state index in [0.29, 0.717) is 11.3 Å². The number of aryl methyl sites for hydroxylation is 1. The van der Waals surface area contributed by atoms with Crippen LogP contribution in [-0.4, -0.2) is 27.2 Å². The summed E-state index contributed by atoms with van der Waals surface area (Å²) in [7, 11) is 0. The lowest BCUT2D eigenvalue weighted by Gasteiger charge is -2.12. The lowest BCUT2D eigenvalue weighted by atomic mass is 10.1. The third-order valence-electron chi connectivity index (χ3n) is 7.16. The van der Waals surface area contributed by atoms with Gasteiger partial charge in [0.1, 0.15) is 12.4 Å². The molecular formula is C35H28FN5O2. The van der Waals surface area contributed by atoms with Crippen LogP contribution in [0.4, 0.5) is 10.1 Å². The van der Waals surface area contributed by atoms with Gasteiger partial charge in [0.2, 0.25) is 5.91 Å². The lowest BCUT2D eigenvalue weighted by molar-refractivity contribution is -0.116. The lowest BCUT2D eigenvalue weighted by Crippen LogP contribution is -2.18. The minimum Gasteiger partial charge on any atom is -0.337 e. The number of aromatic nitrogens is 2. The monoisotopic (exact) mass is 569 g/mol. The normalized spacial score (nSPS) is 11.2. The summed E-state index contributed by atoms with van der Waals surface area (Å²) in [5.41, 5.74) is 9.43. The molecule has 0 aliphatic rings. The molecule has 43 heavy (non-hydrogen) atoms. The van der Waals surface area contributed by atoms with Gasteiger partial charge in [-0.3, -0.25) is 9.59 Å². The first kappa shape index (κ1) is 27.4. The summed E-state index contributed by atoms with van der Waals surface area (Å²) in [6.07, 6.45) is 3.38. The summed E-state index contributed by atoms with van der Waals surface area (Å²) < 4.78 is 17.2. The number of hydrogen-bond donors (Lipinski definition) is 2. The van der Waals surface area contributed by atoms with Crippen LogP contribution in [0.2, 0.25) is 0 Å². The number of para-hydroxylation sites is 1. The van der Waals surface area contributed by atoms with Crippen LogP contribution in [0.15, 0.2) is 127 Å². The first-order valence-electron chi connectivity index (χ1n) is 13.8. The molecule has 2 aromatic heterocycles. The average Bonchev–Trinajstić information content (AvgIpc) is 3.59. The Morgan fingerprint density at radius 3 is 2.33 bits per heavy atom. The Morgan fingerprint density at radius 1 is 0.837 bits per heavy atom. The summed E-state index contributed by atoms with van der Waals surface area (Å²) >= 11 is 0. The molecule has 0 bridgehead atoms. The molecule has 0 aliphatic carbocycles. The Morgan fingerprint density at radius 2 is 1.56 bits per heavy atom. The maximum atomic E-state index is 13.2. The van der Waals surface area contributed by atoms with E-state index in [4.69, 9.17) is 0 Å². The third-order valence-corrected chi connectivity index (χ3v) is 7.16. The van der Waals surface area contributed by atoms with Gasteiger partial charge in [0.15, 0.2) is 0 Å². The molecule has 7 nitrogen and oxygen atoms in total. The number of benzene rings is 4. The summed E-state index contributed by atoms with van der Waals surface area (Å²) in [5, 5.41) is 7.86. The fraction of sp³-hybridized carbons (Fsp3) is 0.0571. The largest absolute Gasteiger partial charge is 0.337 e. The topological polar surface area (TPSA) is 80.4 Å². The van der Waals surface area contributed by atoms with Gasteiger partial charge in [-0.05, 0) is 79.2 Å². The molecule has 0 saturated carbocycles. The summed E-state index contributed by atoms with van der Waals surface area (Å²) in [5.74, 6) is -0.955. The second kappa shape index (κ2) is 12.0. The number of carbonyl (C=O) groups excluding carboxylic acids is 2. The quantitative estimate of drug-likeness (QED) is 0.154. The highest BCUT2D eigenvalue weighted by atomic mass is 19.1. The molecule has 0 unspecified atom stereocenters. The van der Waals surface area contributed by atoms with Crippen molar-refractivity contribution in [3.8, 4) is 16.9 Å². The van der Waals surface area contributed by atoms with Gasteiger partial charge >= 0.3 is 0 Å². The van der Waals surface area contributed by atoms with Gasteiger partial charge in [-0.1, -0.05) is 48.5 Å². The van der Waals surface area contributed by atoms with Gasteiger partial charge in [0.25, 0.3) is 5.91 Å². The van der Waals surface area contributed by atoms with Crippen LogP contribution < -0.4 is 10.7 Å². The van der Waals surface area contributed by atoms with Gasteiger partial charge in [-0.25, -0.2) is 9.82 Å². The summed E-state index contributed by atoms with van der Waals surface area (Å²) in [4.78, 5) is 25.6. The highest BCUT2D eigenvalue weighted by Crippen LogP contribution is 2.26. The zero-order valence-electron chi connectivity index (χ0n) is 23.4. The molecule has 0 radical (unpaired) electrons. The molecule has 2 N–H and O–H groups in total. The van der Waals surface area contributed by atoms with E-state index < -0.39 is 0 Å². The van der Waals surface area contributed by atoms with Gasteiger partial charge in [-0.15, -0.1) is 0 Å². The number of carbonyl (C=O) groups is 2. The number of rotatable bonds is 8. The standard InChI is InChI=1S/C35H28FN5O2/c1-24-11-20-32(25-7-3-2-4-8-25)41(24)30-18-12-26(13-19-30)35(43)39-37-21-27-22-40(33-10-6-5-9-31(27)33)23-34(42)38-29-16-14-28(36)15-17-29/h2-22H,23H2,1H3,(H,38,42)(H,39,43)/b37-21+. The second-order valence-corrected chi connectivity index (χ2v) is 10.1. The molecule has 2 amide bonds. The van der Waals surface area contributed by atoms with E-state index in [0.717, 1.165) is 39.1 Å². The highest BCUT2D eigenvalue weighted by molar-refractivity contribution is 6.01. The molecule has 2 heterocycles. The van der Waals surface area contributed by atoms with Crippen molar-refractivity contribution in [3.05, 3.63) is 144 Å². The molecule has 4 aromatic carbocycles. The molecule has 0 aliphatic heterocycles. The fourth-order valence-electron chi connectivity index (χ4n) is 5.10. The van der Waals surface area contributed by atoms with Gasteiger partial charge in [0.05, 0.1) is 11.9 Å². The van der Waals surface area contributed by atoms with Crippen molar-refractivity contribution < 1.29 is 14.0 Å². The number of nitrogens with zero attached hydrogens (tertiary/aromatic N) is 3. The van der Waals surface area contributed by atoms with E-state index in [9.17, 15) is 14.0 Å². The molecule has 0 atom stereocenters. The van der Waals surface area contributed by atoms with E-state index in [1.165, 1.54) is 24.3 Å². The van der Waals surface area contributed by atoms with E-state index in [2.05, 4.69) is 51.6 Å². The van der Waals surface area contributed by atoms with Crippen molar-refractivity contribution in [2.24, 2.45) is 5.10 Å². The third kappa shape index (κ3) is 5.99. The molecule has 0 fully saturated rings. The van der Waals surface area contributed by atoms with E-state index in [1.54, 1.807) is 18.3 Å². The van der Waals surface area contributed by atoms with Crippen LogP contribution in [0.1, 0.15) is 21.6 Å². The van der Waals surface area contributed by atoms with Gasteiger partial charge in [-0.2, -0.15) is 5.10 Å². The molecular weight excluding hydrogens is 541 g/mol. The predicted molar refractivity (Wildman–Crippen MR) is 168 cm³/mol. The van der Waals surface area contributed by atoms with Crippen molar-refractivity contribution >= 4 is 34.6 Å². The van der Waals surface area contributed by atoms with Gasteiger partial charge < -0.3 is 14.5 Å². The van der Waals surface area contributed by atoms with Crippen LogP contribution in [0, 0.1) is 12.7 Å². The average molecular weight is 570 g/mol. The SMILES string of the molecule is Cc1ccc(-c2ccccc2)n1-c1ccc(C(=O)N/N=C/c2cn(CC(=O)Nc3ccc(F)cc3)c3ccccc23)cc1. The molecule has 212 valence electrons. The van der Waals surface area contributed by atoms with Gasteiger partial charge in [0, 0.05) is 45.3 Å². The van der Waals surface area contributed by atoms with Crippen molar-refractivity contribution in [1.29, 1.82) is 0 Å². The van der Waals surface area contributed by atoms with E-state index in [1.807, 2.05) is 65.4 Å². The molecule has 0 saturated heterocycles. The Hall–Kier alpha value is -5.76. The number of amides is 2. The number of halogens is 1. The zero-order chi connectivity index (χ0) is 29.8. The minimum atomic E-state index is -0.369. The highest BCUT2D eigenvalue weighted by Gasteiger charge is 2.13. The number of nitrogens with one attached hydrogen (secondary N) is 2. The summed E-state index contributed by atoms with van der Waals surface area (Å²) in [6.45, 7) is 2.11. The predicted octanol–water partition coefficient (Wildman–Crippen LogP) is 6.95. The Kier molecular flexibility index (Phi) is 7.65. The first-order chi connectivity index (χ1) is 21.0. The van der Waals surface area contributed by atoms with Crippen molar-refractivity contribution in [1.82, 2.24) is 14.6 Å². The fourth-order valence-corrected chi connectivity index (χ4v) is 5.10. The maximum Gasteiger partial charge on any atom is 0.271 e. The zero-order valence-corrected chi connectivity index (χ0v) is 23.4. The minimum absolute atomic E-state index is 0.0529. The van der Waals surface area contributed by atoms with Crippen molar-refractivity contribution in [2.75, 3.05) is 5.32 Å². The van der Waals surface area contributed by atoms with Crippen LogP contribution in [-0.2, 0) is 11.3 Å². The Bertz CT molecular complexity index is 1940. The number of fused-ring (bicyclic) bond motifs is 1. The maximum absolute atomic E-state index is 13.2. The van der Waals surface area contributed by atoms with Crippen molar-refractivity contribution in [3.63, 3.8) is 0 Å². The number of hydrogen-bond acceptors (Lipinski definition) is 3. The molecule has 6 aromatic rings. The van der Waals surface area contributed by atoms with E-state index in [-0.39, 0.29) is 24.2 Å². The summed E-state index contributed by atoms with van der Waals surface area (Å²) in [6, 6.07) is 35.0. The second-order valence-electron chi connectivity index (χ2n) is 10.1. The van der Waals surface area contributed by atoms with E-state index >= 15 is 0 Å². The van der Waals surface area contributed by atoms with Crippen molar-refractivity contribution in [2.45, 2.75) is 13.5 Å². The molecule has 6 rings (SSSR count). The van der Waals surface area contributed by atoms with Crippen LogP contribution in [0.25, 0.3) is 27.8 Å². The van der Waals surface area contributed by atoms with Crippen LogP contribution in [0.5, 0.6) is 0 Å². The van der Waals surface area contributed by atoms with Crippen LogP contribution >= 0.6 is 0 Å². The number of hydrazone groups is 1. The molecule has 8 heteroatoms. The Labute approximate surface area is 247 Å². The van der Waals surface area contributed by atoms with Crippen LogP contribution in [0.3, 0.4) is 0 Å². The smallest absolute Gasteiger partial charge is 0.271 e. The number of anilines is 1. The Balaban J connectivity index is 1.15.